The van der Waals surface area contributed by atoms with Crippen LogP contribution >= 0.6 is 11.3 Å². The Morgan fingerprint density at radius 2 is 2.29 bits per heavy atom. The van der Waals surface area contributed by atoms with Gasteiger partial charge in [-0.25, -0.2) is 4.98 Å². The summed E-state index contributed by atoms with van der Waals surface area (Å²) in [4.78, 5) is 5.57. The van der Waals surface area contributed by atoms with E-state index in [-0.39, 0.29) is 0 Å². The van der Waals surface area contributed by atoms with E-state index in [0.29, 0.717) is 6.42 Å². The Labute approximate surface area is 105 Å². The quantitative estimate of drug-likeness (QED) is 0.890. The van der Waals surface area contributed by atoms with Crippen molar-refractivity contribution >= 4 is 16.3 Å². The average molecular weight is 250 g/mol. The fraction of sp³-hybridized carbons (Fsp3) is 0.615. The molecule has 0 unspecified atom stereocenters. The summed E-state index contributed by atoms with van der Waals surface area (Å²) in [5.74, 6) is 0.765. The molecule has 4 heteroatoms. The number of thiazole rings is 1. The minimum absolute atomic E-state index is 0.517. The highest BCUT2D eigenvalue weighted by molar-refractivity contribution is 7.15. The summed E-state index contributed by atoms with van der Waals surface area (Å²) in [6, 6.07) is 0. The van der Waals surface area contributed by atoms with E-state index in [1.54, 1.807) is 11.3 Å². The summed E-state index contributed by atoms with van der Waals surface area (Å²) in [5.41, 5.74) is 0.505. The van der Waals surface area contributed by atoms with Crippen molar-refractivity contribution in [3.05, 3.63) is 23.5 Å². The van der Waals surface area contributed by atoms with E-state index >= 15 is 0 Å². The predicted molar refractivity (Wildman–Crippen MR) is 69.4 cm³/mol. The summed E-state index contributed by atoms with van der Waals surface area (Å²) in [7, 11) is 0. The molecule has 2 aromatic heterocycles. The molecule has 92 valence electrons. The molecule has 0 aliphatic heterocycles. The van der Waals surface area contributed by atoms with Gasteiger partial charge in [0.15, 0.2) is 4.96 Å². The van der Waals surface area contributed by atoms with Gasteiger partial charge >= 0.3 is 0 Å². The standard InChI is InChI=1S/C13H18N2OS/c1-10-2-4-13(16,5-3-10)8-11-9-15-6-7-17-12(15)14-11/h6-7,9-10,16H,2-5,8H2,1H3. The van der Waals surface area contributed by atoms with Crippen molar-refractivity contribution < 1.29 is 5.11 Å². The number of imidazole rings is 1. The Morgan fingerprint density at radius 3 is 3.00 bits per heavy atom. The average Bonchev–Trinajstić information content (AvgIpc) is 2.83. The number of rotatable bonds is 2. The molecule has 0 bridgehead atoms. The molecule has 3 nitrogen and oxygen atoms in total. The molecule has 1 fully saturated rings. The van der Waals surface area contributed by atoms with Gasteiger partial charge in [0.1, 0.15) is 0 Å². The Bertz CT molecular complexity index is 480. The molecule has 0 radical (unpaired) electrons. The van der Waals surface area contributed by atoms with Crippen molar-refractivity contribution in [3.63, 3.8) is 0 Å². The molecule has 2 heterocycles. The van der Waals surface area contributed by atoms with E-state index in [4.69, 9.17) is 0 Å². The molecule has 2 aromatic rings. The van der Waals surface area contributed by atoms with Crippen molar-refractivity contribution in [1.29, 1.82) is 0 Å². The second kappa shape index (κ2) is 4.10. The van der Waals surface area contributed by atoms with Crippen LogP contribution in [0.5, 0.6) is 0 Å². The molecule has 17 heavy (non-hydrogen) atoms. The number of hydrogen-bond acceptors (Lipinski definition) is 3. The van der Waals surface area contributed by atoms with Crippen LogP contribution in [0.3, 0.4) is 0 Å². The van der Waals surface area contributed by atoms with Gasteiger partial charge in [-0.15, -0.1) is 11.3 Å². The Kier molecular flexibility index (Phi) is 2.71. The van der Waals surface area contributed by atoms with E-state index < -0.39 is 5.60 Å². The van der Waals surface area contributed by atoms with Gasteiger partial charge in [0.05, 0.1) is 11.3 Å². The van der Waals surface area contributed by atoms with Gasteiger partial charge in [-0.3, -0.25) is 4.40 Å². The lowest BCUT2D eigenvalue weighted by atomic mass is 9.77. The van der Waals surface area contributed by atoms with Crippen molar-refractivity contribution in [2.45, 2.75) is 44.6 Å². The third-order valence-corrected chi connectivity index (χ3v) is 4.63. The van der Waals surface area contributed by atoms with Crippen LogP contribution in [0.15, 0.2) is 17.8 Å². The molecular weight excluding hydrogens is 232 g/mol. The van der Waals surface area contributed by atoms with Crippen LogP contribution in [-0.4, -0.2) is 20.1 Å². The van der Waals surface area contributed by atoms with Gasteiger partial charge in [0, 0.05) is 24.2 Å². The normalized spacial score (nSPS) is 29.9. The summed E-state index contributed by atoms with van der Waals surface area (Å²) < 4.78 is 2.04. The molecule has 0 atom stereocenters. The highest BCUT2D eigenvalue weighted by atomic mass is 32.1. The van der Waals surface area contributed by atoms with E-state index in [1.807, 2.05) is 22.2 Å². The molecule has 1 aliphatic carbocycles. The number of nitrogens with zero attached hydrogens (tertiary/aromatic N) is 2. The Hall–Kier alpha value is -0.870. The fourth-order valence-electron chi connectivity index (χ4n) is 2.67. The third-order valence-electron chi connectivity index (χ3n) is 3.86. The van der Waals surface area contributed by atoms with Gasteiger partial charge in [-0.1, -0.05) is 6.92 Å². The first-order chi connectivity index (χ1) is 8.15. The summed E-state index contributed by atoms with van der Waals surface area (Å²) in [5, 5.41) is 12.6. The van der Waals surface area contributed by atoms with Gasteiger partial charge in [-0.2, -0.15) is 0 Å². The largest absolute Gasteiger partial charge is 0.389 e. The zero-order valence-corrected chi connectivity index (χ0v) is 10.9. The second-order valence-electron chi connectivity index (χ2n) is 5.41. The molecule has 0 saturated heterocycles. The highest BCUT2D eigenvalue weighted by Crippen LogP contribution is 2.34. The zero-order chi connectivity index (χ0) is 11.9. The highest BCUT2D eigenvalue weighted by Gasteiger charge is 2.32. The molecule has 1 saturated carbocycles. The van der Waals surface area contributed by atoms with Crippen molar-refractivity contribution in [1.82, 2.24) is 9.38 Å². The van der Waals surface area contributed by atoms with Crippen LogP contribution in [0.4, 0.5) is 0 Å². The maximum Gasteiger partial charge on any atom is 0.193 e. The van der Waals surface area contributed by atoms with Gasteiger partial charge in [0.2, 0.25) is 0 Å². The van der Waals surface area contributed by atoms with Crippen LogP contribution in [0.25, 0.3) is 4.96 Å². The monoisotopic (exact) mass is 250 g/mol. The van der Waals surface area contributed by atoms with Crippen LogP contribution in [0, 0.1) is 5.92 Å². The first-order valence-electron chi connectivity index (χ1n) is 6.28. The van der Waals surface area contributed by atoms with Crippen molar-refractivity contribution in [3.8, 4) is 0 Å². The SMILES string of the molecule is CC1CCC(O)(Cc2cn3ccsc3n2)CC1. The van der Waals surface area contributed by atoms with Crippen LogP contribution in [-0.2, 0) is 6.42 Å². The Morgan fingerprint density at radius 1 is 1.53 bits per heavy atom. The van der Waals surface area contributed by atoms with E-state index in [1.165, 1.54) is 0 Å². The van der Waals surface area contributed by atoms with Crippen LogP contribution < -0.4 is 0 Å². The van der Waals surface area contributed by atoms with Crippen molar-refractivity contribution in [2.24, 2.45) is 5.92 Å². The maximum atomic E-state index is 10.6. The van der Waals surface area contributed by atoms with Crippen molar-refractivity contribution in [2.75, 3.05) is 0 Å². The lowest BCUT2D eigenvalue weighted by Crippen LogP contribution is -2.35. The zero-order valence-electron chi connectivity index (χ0n) is 10.1. The van der Waals surface area contributed by atoms with E-state index in [2.05, 4.69) is 11.9 Å². The van der Waals surface area contributed by atoms with E-state index in [0.717, 1.165) is 42.3 Å². The minimum atomic E-state index is -0.517. The molecule has 1 N–H and O–H groups in total. The lowest BCUT2D eigenvalue weighted by molar-refractivity contribution is -0.00735. The summed E-state index contributed by atoms with van der Waals surface area (Å²) >= 11 is 1.64. The first-order valence-corrected chi connectivity index (χ1v) is 7.16. The number of aromatic nitrogens is 2. The van der Waals surface area contributed by atoms with Gasteiger partial charge < -0.3 is 5.11 Å². The predicted octanol–water partition coefficient (Wildman–Crippen LogP) is 2.88. The van der Waals surface area contributed by atoms with Gasteiger partial charge in [0.25, 0.3) is 0 Å². The molecular formula is C13H18N2OS. The molecule has 0 aromatic carbocycles. The minimum Gasteiger partial charge on any atom is -0.389 e. The first kappa shape index (κ1) is 11.2. The molecule has 3 rings (SSSR count). The van der Waals surface area contributed by atoms with Crippen LogP contribution in [0.2, 0.25) is 0 Å². The second-order valence-corrected chi connectivity index (χ2v) is 6.28. The van der Waals surface area contributed by atoms with Gasteiger partial charge in [-0.05, 0) is 31.6 Å². The summed E-state index contributed by atoms with van der Waals surface area (Å²) in [6.07, 6.45) is 8.87. The number of fused-ring (bicyclic) bond motifs is 1. The maximum absolute atomic E-state index is 10.6. The molecule has 0 spiro atoms. The smallest absolute Gasteiger partial charge is 0.193 e. The number of hydrogen-bond donors (Lipinski definition) is 1. The number of aliphatic hydroxyl groups is 1. The van der Waals surface area contributed by atoms with Crippen LogP contribution in [0.1, 0.15) is 38.3 Å². The summed E-state index contributed by atoms with van der Waals surface area (Å²) in [6.45, 7) is 2.27. The topological polar surface area (TPSA) is 37.5 Å². The third kappa shape index (κ3) is 2.24. The molecule has 0 amide bonds. The molecule has 1 aliphatic rings. The lowest BCUT2D eigenvalue weighted by Gasteiger charge is -2.34. The van der Waals surface area contributed by atoms with E-state index in [9.17, 15) is 5.11 Å². The Balaban J connectivity index is 1.76. The fourth-order valence-corrected chi connectivity index (χ4v) is 3.39.